The maximum Gasteiger partial charge on any atom is 0.209 e. The Hall–Kier alpha value is -0.580. The molecule has 0 spiro atoms. The van der Waals surface area contributed by atoms with Crippen LogP contribution in [0.5, 0.6) is 0 Å². The molecule has 0 atom stereocenters. The molecule has 1 aromatic carbocycles. The van der Waals surface area contributed by atoms with Crippen LogP contribution < -0.4 is 4.72 Å². The second-order valence-corrected chi connectivity index (χ2v) is 4.92. The van der Waals surface area contributed by atoms with Crippen LogP contribution in [0.1, 0.15) is 5.56 Å². The average molecular weight is 220 g/mol. The highest BCUT2D eigenvalue weighted by Crippen LogP contribution is 2.14. The van der Waals surface area contributed by atoms with Crippen molar-refractivity contribution in [1.82, 2.24) is 4.72 Å². The summed E-state index contributed by atoms with van der Waals surface area (Å²) in [5.41, 5.74) is 0.773. The van der Waals surface area contributed by atoms with Crippen LogP contribution in [0.25, 0.3) is 0 Å². The van der Waals surface area contributed by atoms with Gasteiger partial charge in [-0.3, -0.25) is 0 Å². The molecule has 0 amide bonds. The highest BCUT2D eigenvalue weighted by Gasteiger charge is 2.02. The Morgan fingerprint density at radius 3 is 2.54 bits per heavy atom. The summed E-state index contributed by atoms with van der Waals surface area (Å²) in [7, 11) is -3.15. The van der Waals surface area contributed by atoms with Gasteiger partial charge in [-0.05, 0) is 11.6 Å². The van der Waals surface area contributed by atoms with Crippen molar-refractivity contribution in [2.75, 3.05) is 6.26 Å². The molecule has 0 radical (unpaired) electrons. The van der Waals surface area contributed by atoms with Gasteiger partial charge in [0, 0.05) is 11.6 Å². The zero-order chi connectivity index (χ0) is 9.90. The number of hydrogen-bond donors (Lipinski definition) is 1. The third-order valence-electron chi connectivity index (χ3n) is 1.48. The lowest BCUT2D eigenvalue weighted by Gasteiger charge is -2.03. The van der Waals surface area contributed by atoms with E-state index >= 15 is 0 Å². The molecule has 0 heterocycles. The van der Waals surface area contributed by atoms with Crippen molar-refractivity contribution in [3.05, 3.63) is 34.9 Å². The third-order valence-corrected chi connectivity index (χ3v) is 2.52. The first-order valence-corrected chi connectivity index (χ1v) is 5.94. The molecular weight excluding hydrogens is 210 g/mol. The molecule has 0 saturated carbocycles. The van der Waals surface area contributed by atoms with Crippen LogP contribution in [0.2, 0.25) is 5.02 Å². The van der Waals surface area contributed by atoms with Crippen molar-refractivity contribution in [2.45, 2.75) is 6.54 Å². The van der Waals surface area contributed by atoms with Gasteiger partial charge in [-0.15, -0.1) is 0 Å². The summed E-state index contributed by atoms with van der Waals surface area (Å²) in [6.07, 6.45) is 1.11. The van der Waals surface area contributed by atoms with E-state index in [1.165, 1.54) is 0 Å². The number of nitrogens with one attached hydrogen (secondary N) is 1. The summed E-state index contributed by atoms with van der Waals surface area (Å²) in [5, 5.41) is 0.568. The molecule has 13 heavy (non-hydrogen) atoms. The molecule has 0 bridgehead atoms. The van der Waals surface area contributed by atoms with Gasteiger partial charge in [0.05, 0.1) is 6.26 Å². The monoisotopic (exact) mass is 219 g/mol. The van der Waals surface area contributed by atoms with Crippen LogP contribution in [0, 0.1) is 0 Å². The summed E-state index contributed by atoms with van der Waals surface area (Å²) in [4.78, 5) is 0. The number of benzene rings is 1. The summed E-state index contributed by atoms with van der Waals surface area (Å²) >= 11 is 5.82. The van der Waals surface area contributed by atoms with Crippen LogP contribution in [0.3, 0.4) is 0 Å². The van der Waals surface area contributed by atoms with Crippen molar-refractivity contribution < 1.29 is 8.42 Å². The Balaban J connectivity index is 2.71. The van der Waals surface area contributed by atoms with Gasteiger partial charge in [0.2, 0.25) is 10.0 Å². The number of rotatable bonds is 3. The lowest BCUT2D eigenvalue weighted by atomic mass is 10.2. The summed E-state index contributed by atoms with van der Waals surface area (Å²) in [6.45, 7) is 0.235. The Labute approximate surface area is 82.8 Å². The molecule has 0 aromatic heterocycles. The van der Waals surface area contributed by atoms with Crippen LogP contribution in [-0.2, 0) is 16.6 Å². The lowest BCUT2D eigenvalue weighted by Crippen LogP contribution is -2.21. The molecule has 0 aliphatic heterocycles. The minimum atomic E-state index is -3.15. The Morgan fingerprint density at radius 2 is 2.00 bits per heavy atom. The van der Waals surface area contributed by atoms with E-state index in [1.807, 2.05) is 6.07 Å². The van der Waals surface area contributed by atoms with Crippen LogP contribution in [0.4, 0.5) is 0 Å². The molecule has 72 valence electrons. The topological polar surface area (TPSA) is 46.2 Å². The second kappa shape index (κ2) is 4.09. The first kappa shape index (κ1) is 10.5. The molecule has 1 aromatic rings. The number of sulfonamides is 1. The summed E-state index contributed by atoms with van der Waals surface area (Å²) < 4.78 is 23.9. The number of hydrogen-bond acceptors (Lipinski definition) is 2. The van der Waals surface area contributed by atoms with Gasteiger partial charge < -0.3 is 0 Å². The number of halogens is 1. The maximum absolute atomic E-state index is 10.8. The van der Waals surface area contributed by atoms with Gasteiger partial charge in [0.1, 0.15) is 0 Å². The van der Waals surface area contributed by atoms with Gasteiger partial charge in [-0.25, -0.2) is 13.1 Å². The molecule has 1 N–H and O–H groups in total. The smallest absolute Gasteiger partial charge is 0.209 e. The molecule has 0 aliphatic rings. The van der Waals surface area contributed by atoms with E-state index in [4.69, 9.17) is 11.6 Å². The van der Waals surface area contributed by atoms with Crippen LogP contribution in [-0.4, -0.2) is 14.7 Å². The van der Waals surface area contributed by atoms with Gasteiger partial charge >= 0.3 is 0 Å². The van der Waals surface area contributed by atoms with Crippen LogP contribution >= 0.6 is 11.6 Å². The van der Waals surface area contributed by atoms with Crippen molar-refractivity contribution in [2.24, 2.45) is 0 Å². The standard InChI is InChI=1S/C8H10ClNO2S/c1-13(11,12)10-6-7-4-2-3-5-8(7)9/h2-5,10H,6H2,1H3. The molecule has 1 rings (SSSR count). The van der Waals surface area contributed by atoms with Gasteiger partial charge in [-0.1, -0.05) is 29.8 Å². The minimum Gasteiger partial charge on any atom is -0.213 e. The molecular formula is C8H10ClNO2S. The molecule has 3 nitrogen and oxygen atoms in total. The molecule has 0 unspecified atom stereocenters. The predicted molar refractivity (Wildman–Crippen MR) is 53.1 cm³/mol. The van der Waals surface area contributed by atoms with E-state index in [0.717, 1.165) is 11.8 Å². The van der Waals surface area contributed by atoms with Crippen molar-refractivity contribution in [3.63, 3.8) is 0 Å². The summed E-state index contributed by atoms with van der Waals surface area (Å²) in [6, 6.07) is 7.11. The fourth-order valence-electron chi connectivity index (χ4n) is 0.851. The molecule has 5 heteroatoms. The van der Waals surface area contributed by atoms with E-state index in [-0.39, 0.29) is 6.54 Å². The van der Waals surface area contributed by atoms with E-state index in [1.54, 1.807) is 18.2 Å². The van der Waals surface area contributed by atoms with Crippen LogP contribution in [0.15, 0.2) is 24.3 Å². The average Bonchev–Trinajstić information content (AvgIpc) is 2.01. The van der Waals surface area contributed by atoms with Gasteiger partial charge in [0.25, 0.3) is 0 Å². The Morgan fingerprint density at radius 1 is 1.38 bits per heavy atom. The predicted octanol–water partition coefficient (Wildman–Crippen LogP) is 1.39. The first-order chi connectivity index (χ1) is 5.99. The first-order valence-electron chi connectivity index (χ1n) is 3.67. The SMILES string of the molecule is CS(=O)(=O)NCc1ccccc1Cl. The van der Waals surface area contributed by atoms with Gasteiger partial charge in [0.15, 0.2) is 0 Å². The second-order valence-electron chi connectivity index (χ2n) is 2.68. The molecule has 0 aliphatic carbocycles. The zero-order valence-corrected chi connectivity index (χ0v) is 8.69. The quantitative estimate of drug-likeness (QED) is 0.835. The Bertz CT molecular complexity index is 389. The fourth-order valence-corrected chi connectivity index (χ4v) is 1.47. The van der Waals surface area contributed by atoms with E-state index < -0.39 is 10.0 Å². The van der Waals surface area contributed by atoms with Gasteiger partial charge in [-0.2, -0.15) is 0 Å². The van der Waals surface area contributed by atoms with E-state index in [2.05, 4.69) is 4.72 Å². The van der Waals surface area contributed by atoms with E-state index in [9.17, 15) is 8.42 Å². The molecule has 0 saturated heterocycles. The normalized spacial score (nSPS) is 11.5. The van der Waals surface area contributed by atoms with Crippen molar-refractivity contribution in [3.8, 4) is 0 Å². The van der Waals surface area contributed by atoms with E-state index in [0.29, 0.717) is 5.02 Å². The highest BCUT2D eigenvalue weighted by atomic mass is 35.5. The molecule has 0 fully saturated rings. The summed E-state index contributed by atoms with van der Waals surface area (Å²) in [5.74, 6) is 0. The lowest BCUT2D eigenvalue weighted by molar-refractivity contribution is 0.587. The largest absolute Gasteiger partial charge is 0.213 e. The Kier molecular flexibility index (Phi) is 3.30. The minimum absolute atomic E-state index is 0.235. The maximum atomic E-state index is 10.8. The van der Waals surface area contributed by atoms with Crippen molar-refractivity contribution >= 4 is 21.6 Å². The van der Waals surface area contributed by atoms with Crippen molar-refractivity contribution in [1.29, 1.82) is 0 Å². The highest BCUT2D eigenvalue weighted by molar-refractivity contribution is 7.88. The zero-order valence-electron chi connectivity index (χ0n) is 7.12. The third kappa shape index (κ3) is 3.76. The fraction of sp³-hybridized carbons (Fsp3) is 0.250.